The maximum atomic E-state index is 3.50. The lowest BCUT2D eigenvalue weighted by Crippen LogP contribution is -2.18. The summed E-state index contributed by atoms with van der Waals surface area (Å²) in [6.45, 7) is 11.9. The molecule has 0 saturated heterocycles. The number of rotatable bonds is 6. The van der Waals surface area contributed by atoms with Crippen molar-refractivity contribution < 1.29 is 0 Å². The van der Waals surface area contributed by atoms with E-state index in [1.54, 1.807) is 0 Å². The zero-order chi connectivity index (χ0) is 21.6. The molecule has 0 heterocycles. The summed E-state index contributed by atoms with van der Waals surface area (Å²) in [5, 5.41) is 3.50. The molecular weight excluding hydrogens is 362 g/mol. The fourth-order valence-corrected chi connectivity index (χ4v) is 3.16. The fraction of sp³-hybridized carbons (Fsp3) is 0.241. The third-order valence-electron chi connectivity index (χ3n) is 5.01. The van der Waals surface area contributed by atoms with Crippen molar-refractivity contribution in [1.82, 2.24) is 0 Å². The molecule has 0 aliphatic rings. The summed E-state index contributed by atoms with van der Waals surface area (Å²) >= 11 is 0. The smallest absolute Gasteiger partial charge is 0.0340 e. The van der Waals surface area contributed by atoms with E-state index >= 15 is 0 Å². The number of hydrogen-bond donors (Lipinski definition) is 1. The Labute approximate surface area is 182 Å². The van der Waals surface area contributed by atoms with Crippen LogP contribution >= 0.6 is 0 Å². The largest absolute Gasteiger partial charge is 0.385 e. The number of anilines is 1. The Hall–Kier alpha value is -3.06. The summed E-state index contributed by atoms with van der Waals surface area (Å²) in [7, 11) is 0. The van der Waals surface area contributed by atoms with Crippen LogP contribution in [0.4, 0.5) is 5.69 Å². The number of aryl methyl sites for hydroxylation is 2. The Morgan fingerprint density at radius 1 is 0.733 bits per heavy atom. The number of allylic oxidation sites excluding steroid dienone is 2. The Kier molecular flexibility index (Phi) is 6.95. The van der Waals surface area contributed by atoms with Crippen molar-refractivity contribution in [2.75, 3.05) is 11.9 Å². The molecule has 0 atom stereocenters. The molecule has 0 spiro atoms. The van der Waals surface area contributed by atoms with Crippen LogP contribution in [0, 0.1) is 19.3 Å². The molecule has 154 valence electrons. The summed E-state index contributed by atoms with van der Waals surface area (Å²) in [5.41, 5.74) is 8.88. The van der Waals surface area contributed by atoms with E-state index in [2.05, 4.69) is 131 Å². The molecule has 0 aliphatic carbocycles. The van der Waals surface area contributed by atoms with Gasteiger partial charge in [0.2, 0.25) is 0 Å². The average Bonchev–Trinajstić information content (AvgIpc) is 2.72. The van der Waals surface area contributed by atoms with E-state index in [1.165, 1.54) is 33.4 Å². The molecule has 0 amide bonds. The van der Waals surface area contributed by atoms with Crippen LogP contribution in [0.15, 0.2) is 84.9 Å². The van der Waals surface area contributed by atoms with Gasteiger partial charge in [0.15, 0.2) is 0 Å². The number of hydrogen-bond acceptors (Lipinski definition) is 1. The molecule has 1 N–H and O–H groups in total. The van der Waals surface area contributed by atoms with Gasteiger partial charge in [0, 0.05) is 12.2 Å². The van der Waals surface area contributed by atoms with Crippen LogP contribution in [-0.4, -0.2) is 6.54 Å². The van der Waals surface area contributed by atoms with E-state index in [0.717, 1.165) is 12.2 Å². The second kappa shape index (κ2) is 9.63. The zero-order valence-corrected chi connectivity index (χ0v) is 18.9. The van der Waals surface area contributed by atoms with Crippen molar-refractivity contribution >= 4 is 17.3 Å². The molecule has 0 radical (unpaired) electrons. The van der Waals surface area contributed by atoms with Gasteiger partial charge in [0.05, 0.1) is 0 Å². The molecule has 0 unspecified atom stereocenters. The minimum Gasteiger partial charge on any atom is -0.385 e. The first kappa shape index (κ1) is 21.6. The standard InChI is InChI=1S/C29H33N/c1-22-9-15-25(16-10-22)28(26-17-11-23(2)12-18-26)8-6-7-24-13-19-27(20-14-24)30-21-29(3,4)5/h6-20,30H,21H2,1-5H3. The van der Waals surface area contributed by atoms with Crippen LogP contribution in [0.25, 0.3) is 11.6 Å². The van der Waals surface area contributed by atoms with Gasteiger partial charge in [-0.25, -0.2) is 0 Å². The monoisotopic (exact) mass is 395 g/mol. The lowest BCUT2D eigenvalue weighted by molar-refractivity contribution is 0.443. The topological polar surface area (TPSA) is 12.0 Å². The quantitative estimate of drug-likeness (QED) is 0.418. The highest BCUT2D eigenvalue weighted by molar-refractivity contribution is 5.81. The van der Waals surface area contributed by atoms with Crippen LogP contribution in [-0.2, 0) is 0 Å². The molecule has 3 aromatic rings. The maximum absolute atomic E-state index is 3.50. The molecule has 0 bridgehead atoms. The summed E-state index contributed by atoms with van der Waals surface area (Å²) < 4.78 is 0. The second-order valence-corrected chi connectivity index (χ2v) is 9.21. The van der Waals surface area contributed by atoms with Crippen LogP contribution in [0.2, 0.25) is 0 Å². The molecule has 0 aliphatic heterocycles. The molecule has 0 saturated carbocycles. The van der Waals surface area contributed by atoms with Crippen molar-refractivity contribution in [3.63, 3.8) is 0 Å². The van der Waals surface area contributed by atoms with Crippen LogP contribution in [0.3, 0.4) is 0 Å². The SMILES string of the molecule is Cc1ccc(C(=CC=Cc2ccc(NCC(C)(C)C)cc2)c2ccc(C)cc2)cc1. The van der Waals surface area contributed by atoms with E-state index in [1.807, 2.05) is 0 Å². The molecule has 1 nitrogen and oxygen atoms in total. The van der Waals surface area contributed by atoms with Crippen molar-refractivity contribution in [2.45, 2.75) is 34.6 Å². The second-order valence-electron chi connectivity index (χ2n) is 9.21. The maximum Gasteiger partial charge on any atom is 0.0340 e. The zero-order valence-electron chi connectivity index (χ0n) is 18.9. The third-order valence-corrected chi connectivity index (χ3v) is 5.01. The Bertz CT molecular complexity index is 948. The molecule has 3 aromatic carbocycles. The van der Waals surface area contributed by atoms with Crippen molar-refractivity contribution in [3.05, 3.63) is 113 Å². The molecule has 30 heavy (non-hydrogen) atoms. The van der Waals surface area contributed by atoms with E-state index in [4.69, 9.17) is 0 Å². The first-order valence-corrected chi connectivity index (χ1v) is 10.7. The van der Waals surface area contributed by atoms with Crippen molar-refractivity contribution in [3.8, 4) is 0 Å². The third kappa shape index (κ3) is 6.49. The lowest BCUT2D eigenvalue weighted by Gasteiger charge is -2.19. The number of benzene rings is 3. The van der Waals surface area contributed by atoms with Crippen LogP contribution in [0.5, 0.6) is 0 Å². The molecule has 0 aromatic heterocycles. The molecule has 1 heteroatoms. The fourth-order valence-electron chi connectivity index (χ4n) is 3.16. The van der Waals surface area contributed by atoms with Gasteiger partial charge in [0.25, 0.3) is 0 Å². The van der Waals surface area contributed by atoms with Gasteiger partial charge in [-0.2, -0.15) is 0 Å². The Morgan fingerprint density at radius 3 is 1.70 bits per heavy atom. The molecular formula is C29H33N. The van der Waals surface area contributed by atoms with E-state index in [0.29, 0.717) is 0 Å². The van der Waals surface area contributed by atoms with E-state index < -0.39 is 0 Å². The highest BCUT2D eigenvalue weighted by Crippen LogP contribution is 2.25. The minimum absolute atomic E-state index is 0.270. The highest BCUT2D eigenvalue weighted by atomic mass is 14.9. The predicted molar refractivity (Wildman–Crippen MR) is 133 cm³/mol. The Morgan fingerprint density at radius 2 is 1.23 bits per heavy atom. The van der Waals surface area contributed by atoms with E-state index in [9.17, 15) is 0 Å². The minimum atomic E-state index is 0.270. The number of nitrogens with one attached hydrogen (secondary N) is 1. The van der Waals surface area contributed by atoms with Gasteiger partial charge in [0.1, 0.15) is 0 Å². The summed E-state index contributed by atoms with van der Waals surface area (Å²) in [6, 6.07) is 26.1. The van der Waals surface area contributed by atoms with Crippen LogP contribution in [0.1, 0.15) is 48.6 Å². The predicted octanol–water partition coefficient (Wildman–Crippen LogP) is 7.91. The highest BCUT2D eigenvalue weighted by Gasteiger charge is 2.09. The van der Waals surface area contributed by atoms with Crippen molar-refractivity contribution in [2.24, 2.45) is 5.41 Å². The van der Waals surface area contributed by atoms with Gasteiger partial charge in [-0.1, -0.05) is 111 Å². The van der Waals surface area contributed by atoms with Crippen molar-refractivity contribution in [1.29, 1.82) is 0 Å². The summed E-state index contributed by atoms with van der Waals surface area (Å²) in [4.78, 5) is 0. The summed E-state index contributed by atoms with van der Waals surface area (Å²) in [6.07, 6.45) is 6.52. The van der Waals surface area contributed by atoms with Gasteiger partial charge in [-0.05, 0) is 53.7 Å². The summed E-state index contributed by atoms with van der Waals surface area (Å²) in [5.74, 6) is 0. The molecule has 3 rings (SSSR count). The van der Waals surface area contributed by atoms with E-state index in [-0.39, 0.29) is 5.41 Å². The molecule has 0 fully saturated rings. The van der Waals surface area contributed by atoms with Gasteiger partial charge in [-0.15, -0.1) is 0 Å². The van der Waals surface area contributed by atoms with Gasteiger partial charge in [-0.3, -0.25) is 0 Å². The first-order valence-electron chi connectivity index (χ1n) is 10.7. The Balaban J connectivity index is 1.80. The van der Waals surface area contributed by atoms with Gasteiger partial charge >= 0.3 is 0 Å². The normalized spacial score (nSPS) is 11.5. The van der Waals surface area contributed by atoms with Gasteiger partial charge < -0.3 is 5.32 Å². The lowest BCUT2D eigenvalue weighted by atomic mass is 9.96. The first-order chi connectivity index (χ1) is 14.3. The van der Waals surface area contributed by atoms with Crippen LogP contribution < -0.4 is 5.32 Å². The average molecular weight is 396 g/mol.